The highest BCUT2D eigenvalue weighted by atomic mass is 79.9. The van der Waals surface area contributed by atoms with Crippen LogP contribution in [0.3, 0.4) is 0 Å². The molecule has 11 heteroatoms. The summed E-state index contributed by atoms with van der Waals surface area (Å²) < 4.78 is 27.6. The number of hydrogen-bond donors (Lipinski definition) is 2. The standard InChI is InChI=1S/C28H33BrN4O4S2/c29-22-7-5-20(6-8-22)26(28(35)33-17-15-31-16-18-33)38-23-9-11-24(12-10-23)39(36,37)19-21-3-1-2-4-25(21)27(34)32-14-13-30/h5-12,21,25-26,31H,1-4,14-19H2,(H,32,34)/t21-,25+,26?/m0/s1. The van der Waals surface area contributed by atoms with Gasteiger partial charge in [-0.2, -0.15) is 5.26 Å². The summed E-state index contributed by atoms with van der Waals surface area (Å²) in [7, 11) is -3.62. The minimum Gasteiger partial charge on any atom is -0.343 e. The van der Waals surface area contributed by atoms with Crippen molar-refractivity contribution in [1.82, 2.24) is 15.5 Å². The maximum absolute atomic E-state index is 13.5. The number of piperazine rings is 1. The Morgan fingerprint density at radius 1 is 1.08 bits per heavy atom. The van der Waals surface area contributed by atoms with E-state index in [0.717, 1.165) is 40.9 Å². The highest BCUT2D eigenvalue weighted by molar-refractivity contribution is 9.10. The summed E-state index contributed by atoms with van der Waals surface area (Å²) in [6.45, 7) is 2.75. The largest absolute Gasteiger partial charge is 0.343 e. The molecule has 0 radical (unpaired) electrons. The average molecular weight is 634 g/mol. The van der Waals surface area contributed by atoms with Crippen LogP contribution in [0.2, 0.25) is 0 Å². The van der Waals surface area contributed by atoms with Crippen LogP contribution in [0.1, 0.15) is 36.5 Å². The van der Waals surface area contributed by atoms with Gasteiger partial charge in [0.25, 0.3) is 0 Å². The van der Waals surface area contributed by atoms with Gasteiger partial charge < -0.3 is 15.5 Å². The first kappa shape index (κ1) is 29.6. The van der Waals surface area contributed by atoms with E-state index < -0.39 is 21.0 Å². The molecule has 2 fully saturated rings. The van der Waals surface area contributed by atoms with Gasteiger partial charge in [-0.15, -0.1) is 11.8 Å². The van der Waals surface area contributed by atoms with Crippen molar-refractivity contribution in [2.75, 3.05) is 38.5 Å². The minimum atomic E-state index is -3.62. The Labute approximate surface area is 243 Å². The van der Waals surface area contributed by atoms with E-state index in [9.17, 15) is 18.0 Å². The molecule has 39 heavy (non-hydrogen) atoms. The van der Waals surface area contributed by atoms with E-state index in [1.165, 1.54) is 11.8 Å². The molecule has 0 bridgehead atoms. The van der Waals surface area contributed by atoms with Gasteiger partial charge in [0.05, 0.1) is 16.7 Å². The molecular formula is C28H33BrN4O4S2. The Hall–Kier alpha value is -2.39. The zero-order valence-electron chi connectivity index (χ0n) is 21.6. The Morgan fingerprint density at radius 3 is 2.41 bits per heavy atom. The summed E-state index contributed by atoms with van der Waals surface area (Å²) >= 11 is 4.87. The first-order chi connectivity index (χ1) is 18.8. The number of nitrogens with one attached hydrogen (secondary N) is 2. The Kier molecular flexibility index (Phi) is 10.5. The molecule has 4 rings (SSSR count). The van der Waals surface area contributed by atoms with E-state index in [4.69, 9.17) is 5.26 Å². The number of benzene rings is 2. The van der Waals surface area contributed by atoms with Crippen LogP contribution in [0.5, 0.6) is 0 Å². The molecule has 0 aromatic heterocycles. The van der Waals surface area contributed by atoms with Crippen molar-refractivity contribution in [2.45, 2.75) is 40.7 Å². The minimum absolute atomic E-state index is 0.0403. The van der Waals surface area contributed by atoms with Gasteiger partial charge >= 0.3 is 0 Å². The number of thioether (sulfide) groups is 1. The quantitative estimate of drug-likeness (QED) is 0.317. The predicted molar refractivity (Wildman–Crippen MR) is 155 cm³/mol. The zero-order chi connectivity index (χ0) is 27.8. The smallest absolute Gasteiger partial charge is 0.240 e. The molecule has 1 saturated carbocycles. The molecule has 8 nitrogen and oxygen atoms in total. The summed E-state index contributed by atoms with van der Waals surface area (Å²) in [6.07, 6.45) is 3.06. The number of carbonyl (C=O) groups is 2. The van der Waals surface area contributed by atoms with Crippen molar-refractivity contribution in [3.8, 4) is 6.07 Å². The average Bonchev–Trinajstić information content (AvgIpc) is 2.95. The fourth-order valence-corrected chi connectivity index (χ4v) is 8.28. The number of amides is 2. The van der Waals surface area contributed by atoms with Crippen molar-refractivity contribution >= 4 is 49.3 Å². The Balaban J connectivity index is 1.49. The van der Waals surface area contributed by atoms with Gasteiger partial charge in [0.1, 0.15) is 11.8 Å². The molecule has 2 aromatic rings. The van der Waals surface area contributed by atoms with Gasteiger partial charge in [-0.1, -0.05) is 40.9 Å². The molecule has 2 N–H and O–H groups in total. The molecule has 2 aromatic carbocycles. The maximum Gasteiger partial charge on any atom is 0.240 e. The molecule has 1 heterocycles. The third-order valence-corrected chi connectivity index (χ3v) is 10.9. The molecule has 2 amide bonds. The lowest BCUT2D eigenvalue weighted by Gasteiger charge is -2.31. The summed E-state index contributed by atoms with van der Waals surface area (Å²) in [6, 6.07) is 16.3. The van der Waals surface area contributed by atoms with Crippen LogP contribution < -0.4 is 10.6 Å². The maximum atomic E-state index is 13.5. The third-order valence-electron chi connectivity index (χ3n) is 7.28. The monoisotopic (exact) mass is 632 g/mol. The van der Waals surface area contributed by atoms with Crippen LogP contribution in [0.4, 0.5) is 0 Å². The Bertz CT molecular complexity index is 1290. The fourth-order valence-electron chi connectivity index (χ4n) is 5.20. The van der Waals surface area contributed by atoms with Gasteiger partial charge in [0.15, 0.2) is 9.84 Å². The van der Waals surface area contributed by atoms with Crippen LogP contribution in [0.25, 0.3) is 0 Å². The molecule has 208 valence electrons. The summed E-state index contributed by atoms with van der Waals surface area (Å²) in [5.41, 5.74) is 0.890. The van der Waals surface area contributed by atoms with E-state index >= 15 is 0 Å². The lowest BCUT2D eigenvalue weighted by atomic mass is 9.80. The predicted octanol–water partition coefficient (Wildman–Crippen LogP) is 3.93. The van der Waals surface area contributed by atoms with Gasteiger partial charge in [0, 0.05) is 41.5 Å². The van der Waals surface area contributed by atoms with Gasteiger partial charge in [-0.25, -0.2) is 8.42 Å². The van der Waals surface area contributed by atoms with E-state index in [1.807, 2.05) is 35.2 Å². The van der Waals surface area contributed by atoms with E-state index in [-0.39, 0.29) is 34.9 Å². The van der Waals surface area contributed by atoms with Crippen molar-refractivity contribution in [1.29, 1.82) is 5.26 Å². The van der Waals surface area contributed by atoms with E-state index in [1.54, 1.807) is 24.3 Å². The highest BCUT2D eigenvalue weighted by Gasteiger charge is 2.34. The molecular weight excluding hydrogens is 600 g/mol. The SMILES string of the molecule is N#CCNC(=O)[C@@H]1CCCC[C@H]1CS(=O)(=O)c1ccc(SC(C(=O)N2CCNCC2)c2ccc(Br)cc2)cc1. The van der Waals surface area contributed by atoms with Crippen molar-refractivity contribution in [3.05, 3.63) is 58.6 Å². The lowest BCUT2D eigenvalue weighted by Crippen LogP contribution is -2.47. The molecule has 1 unspecified atom stereocenters. The van der Waals surface area contributed by atoms with Crippen LogP contribution in [0.15, 0.2) is 62.8 Å². The van der Waals surface area contributed by atoms with Crippen molar-refractivity contribution in [3.63, 3.8) is 0 Å². The first-order valence-corrected chi connectivity index (χ1v) is 16.5. The molecule has 0 spiro atoms. The number of nitrogens with zero attached hydrogens (tertiary/aromatic N) is 2. The number of carbonyl (C=O) groups excluding carboxylic acids is 2. The number of rotatable bonds is 9. The summed E-state index contributed by atoms with van der Waals surface area (Å²) in [5, 5.41) is 14.2. The number of halogens is 1. The van der Waals surface area contributed by atoms with Crippen molar-refractivity contribution in [2.24, 2.45) is 11.8 Å². The third kappa shape index (κ3) is 7.84. The van der Waals surface area contributed by atoms with E-state index in [0.29, 0.717) is 25.9 Å². The van der Waals surface area contributed by atoms with Gasteiger partial charge in [-0.3, -0.25) is 9.59 Å². The summed E-state index contributed by atoms with van der Waals surface area (Å²) in [5.74, 6) is -0.989. The first-order valence-electron chi connectivity index (χ1n) is 13.2. The molecule has 1 aliphatic heterocycles. The Morgan fingerprint density at radius 2 is 1.74 bits per heavy atom. The normalized spacial score (nSPS) is 20.6. The molecule has 3 atom stereocenters. The van der Waals surface area contributed by atoms with Crippen LogP contribution in [0, 0.1) is 23.2 Å². The van der Waals surface area contributed by atoms with Crippen molar-refractivity contribution < 1.29 is 18.0 Å². The summed E-state index contributed by atoms with van der Waals surface area (Å²) in [4.78, 5) is 28.9. The highest BCUT2D eigenvalue weighted by Crippen LogP contribution is 2.38. The second-order valence-corrected chi connectivity index (χ2v) is 14.0. The molecule has 2 aliphatic rings. The second kappa shape index (κ2) is 13.8. The lowest BCUT2D eigenvalue weighted by molar-refractivity contribution is -0.131. The number of nitriles is 1. The van der Waals surface area contributed by atoms with E-state index in [2.05, 4.69) is 26.6 Å². The number of sulfone groups is 1. The zero-order valence-corrected chi connectivity index (χ0v) is 24.9. The topological polar surface area (TPSA) is 119 Å². The number of hydrogen-bond acceptors (Lipinski definition) is 7. The van der Waals surface area contributed by atoms with Gasteiger partial charge in [-0.05, 0) is 60.7 Å². The fraction of sp³-hybridized carbons (Fsp3) is 0.464. The van der Waals surface area contributed by atoms with Crippen LogP contribution >= 0.6 is 27.7 Å². The van der Waals surface area contributed by atoms with Crippen LogP contribution in [-0.4, -0.2) is 63.6 Å². The molecule has 1 saturated heterocycles. The van der Waals surface area contributed by atoms with Gasteiger partial charge in [0.2, 0.25) is 11.8 Å². The van der Waals surface area contributed by atoms with Crippen LogP contribution in [-0.2, 0) is 19.4 Å². The second-order valence-electron chi connectivity index (χ2n) is 9.90. The molecule has 1 aliphatic carbocycles.